The van der Waals surface area contributed by atoms with Crippen molar-refractivity contribution in [3.8, 4) is 0 Å². The fourth-order valence-electron chi connectivity index (χ4n) is 3.75. The number of fused-ring (bicyclic) bond motifs is 2. The topological polar surface area (TPSA) is 42.0 Å². The van der Waals surface area contributed by atoms with E-state index in [0.717, 1.165) is 32.3 Å². The Morgan fingerprint density at radius 2 is 1.91 bits per heavy atom. The van der Waals surface area contributed by atoms with Crippen LogP contribution in [0.1, 0.15) is 59.8 Å². The molecule has 1 N–H and O–H groups in total. The van der Waals surface area contributed by atoms with Crippen LogP contribution in [0.3, 0.4) is 0 Å². The Hall–Kier alpha value is -0.900. The predicted octanol–water partition coefficient (Wildman–Crippen LogP) is 4.08. The number of ether oxygens (including phenoxy) is 2. The maximum absolute atomic E-state index is 10.5. The van der Waals surface area contributed by atoms with E-state index in [2.05, 4.69) is 32.9 Å². The molecule has 0 unspecified atom stereocenters. The van der Waals surface area contributed by atoms with Gasteiger partial charge in [-0.15, -0.1) is 0 Å². The number of hydrogen-bond acceptors (Lipinski definition) is 3. The average Bonchev–Trinajstić information content (AvgIpc) is 3.07. The maximum atomic E-state index is 10.5. The largest absolute Gasteiger partial charge is 0.390 e. The summed E-state index contributed by atoms with van der Waals surface area (Å²) in [4.78, 5) is 0. The monoisotopic (exact) mass is 318 g/mol. The molecular formula is C20H30O3. The number of epoxide rings is 1. The third-order valence-electron chi connectivity index (χ3n) is 5.73. The normalized spacial score (nSPS) is 43.6. The Morgan fingerprint density at radius 3 is 2.70 bits per heavy atom. The zero-order valence-electron chi connectivity index (χ0n) is 14.9. The second-order valence-electron chi connectivity index (χ2n) is 7.68. The zero-order chi connectivity index (χ0) is 16.6. The SMILES string of the molecule is CC1=C2CC/C(C)=C/C[C@@H](O)[C@@]3(C)O[C@H]3CC/C(C)=C/[C@H]2OC1. The van der Waals surface area contributed by atoms with Crippen LogP contribution in [-0.2, 0) is 9.47 Å². The van der Waals surface area contributed by atoms with Crippen molar-refractivity contribution in [1.82, 2.24) is 0 Å². The first-order chi connectivity index (χ1) is 10.9. The van der Waals surface area contributed by atoms with Crippen LogP contribution in [0.25, 0.3) is 0 Å². The van der Waals surface area contributed by atoms with Gasteiger partial charge in [0.25, 0.3) is 0 Å². The summed E-state index contributed by atoms with van der Waals surface area (Å²) in [5, 5.41) is 10.5. The molecule has 3 aliphatic rings. The fraction of sp³-hybridized carbons (Fsp3) is 0.700. The lowest BCUT2D eigenvalue weighted by atomic mass is 9.91. The van der Waals surface area contributed by atoms with E-state index in [1.807, 2.05) is 6.92 Å². The van der Waals surface area contributed by atoms with Crippen molar-refractivity contribution in [2.24, 2.45) is 0 Å². The molecule has 3 nitrogen and oxygen atoms in total. The third kappa shape index (κ3) is 3.62. The van der Waals surface area contributed by atoms with Gasteiger partial charge in [0.05, 0.1) is 24.9 Å². The quantitative estimate of drug-likeness (QED) is 0.540. The fourth-order valence-corrected chi connectivity index (χ4v) is 3.75. The molecule has 3 heteroatoms. The molecule has 0 aromatic rings. The summed E-state index contributed by atoms with van der Waals surface area (Å²) in [7, 11) is 0. The second kappa shape index (κ2) is 6.54. The van der Waals surface area contributed by atoms with E-state index < -0.39 is 6.10 Å². The Labute approximate surface area is 140 Å². The van der Waals surface area contributed by atoms with Gasteiger partial charge in [-0.05, 0) is 70.9 Å². The van der Waals surface area contributed by atoms with E-state index in [0.29, 0.717) is 6.42 Å². The van der Waals surface area contributed by atoms with Crippen LogP contribution in [0.5, 0.6) is 0 Å². The van der Waals surface area contributed by atoms with Gasteiger partial charge in [-0.1, -0.05) is 23.3 Å². The van der Waals surface area contributed by atoms with Crippen LogP contribution in [-0.4, -0.2) is 35.6 Å². The van der Waals surface area contributed by atoms with Crippen LogP contribution >= 0.6 is 0 Å². The summed E-state index contributed by atoms with van der Waals surface area (Å²) >= 11 is 0. The maximum Gasteiger partial charge on any atom is 0.118 e. The number of allylic oxidation sites excluding steroid dienone is 2. The van der Waals surface area contributed by atoms with Crippen molar-refractivity contribution in [2.45, 2.75) is 83.7 Å². The van der Waals surface area contributed by atoms with Crippen molar-refractivity contribution >= 4 is 0 Å². The molecule has 1 fully saturated rings. The van der Waals surface area contributed by atoms with Gasteiger partial charge in [-0.2, -0.15) is 0 Å². The van der Waals surface area contributed by atoms with E-state index in [-0.39, 0.29) is 17.8 Å². The molecule has 0 spiro atoms. The summed E-state index contributed by atoms with van der Waals surface area (Å²) in [6.07, 6.45) is 9.15. The summed E-state index contributed by atoms with van der Waals surface area (Å²) in [6.45, 7) is 9.33. The van der Waals surface area contributed by atoms with E-state index in [1.165, 1.54) is 22.3 Å². The molecule has 0 amide bonds. The lowest BCUT2D eigenvalue weighted by molar-refractivity contribution is 0.0871. The minimum absolute atomic E-state index is 0.155. The first-order valence-corrected chi connectivity index (χ1v) is 8.89. The first-order valence-electron chi connectivity index (χ1n) is 8.89. The molecule has 2 aliphatic heterocycles. The molecule has 3 rings (SSSR count). The molecule has 0 bridgehead atoms. The van der Waals surface area contributed by atoms with Crippen molar-refractivity contribution < 1.29 is 14.6 Å². The Morgan fingerprint density at radius 1 is 1.13 bits per heavy atom. The minimum atomic E-state index is -0.404. The first kappa shape index (κ1) is 16.9. The van der Waals surface area contributed by atoms with Crippen LogP contribution in [0, 0.1) is 0 Å². The van der Waals surface area contributed by atoms with Gasteiger partial charge in [0.2, 0.25) is 0 Å². The van der Waals surface area contributed by atoms with Crippen molar-refractivity contribution in [1.29, 1.82) is 0 Å². The van der Waals surface area contributed by atoms with Crippen LogP contribution in [0.2, 0.25) is 0 Å². The van der Waals surface area contributed by atoms with Crippen molar-refractivity contribution in [2.75, 3.05) is 6.61 Å². The summed E-state index contributed by atoms with van der Waals surface area (Å²) in [5.41, 5.74) is 5.18. The molecule has 1 aliphatic carbocycles. The van der Waals surface area contributed by atoms with Crippen LogP contribution in [0.15, 0.2) is 34.4 Å². The lowest BCUT2D eigenvalue weighted by Gasteiger charge is -2.16. The summed E-state index contributed by atoms with van der Waals surface area (Å²) < 4.78 is 11.8. The van der Waals surface area contributed by atoms with Crippen molar-refractivity contribution in [3.63, 3.8) is 0 Å². The molecule has 23 heavy (non-hydrogen) atoms. The van der Waals surface area contributed by atoms with Gasteiger partial charge in [0, 0.05) is 0 Å². The summed E-state index contributed by atoms with van der Waals surface area (Å²) in [6, 6.07) is 0. The minimum Gasteiger partial charge on any atom is -0.390 e. The van der Waals surface area contributed by atoms with Gasteiger partial charge < -0.3 is 14.6 Å². The number of rotatable bonds is 0. The smallest absolute Gasteiger partial charge is 0.118 e. The van der Waals surface area contributed by atoms with E-state index >= 15 is 0 Å². The second-order valence-corrected chi connectivity index (χ2v) is 7.68. The third-order valence-corrected chi connectivity index (χ3v) is 5.73. The molecule has 1 saturated heterocycles. The highest BCUT2D eigenvalue weighted by Gasteiger charge is 2.56. The van der Waals surface area contributed by atoms with Crippen molar-refractivity contribution in [3.05, 3.63) is 34.4 Å². The average molecular weight is 318 g/mol. The number of aliphatic hydroxyl groups excluding tert-OH is 1. The molecule has 0 radical (unpaired) electrons. The highest BCUT2D eigenvalue weighted by molar-refractivity contribution is 5.29. The van der Waals surface area contributed by atoms with Gasteiger partial charge in [0.15, 0.2) is 0 Å². The summed E-state index contributed by atoms with van der Waals surface area (Å²) in [5.74, 6) is 0. The number of aliphatic hydroxyl groups is 1. The molecule has 0 aromatic carbocycles. The highest BCUT2D eigenvalue weighted by atomic mass is 16.6. The molecule has 4 atom stereocenters. The molecule has 0 saturated carbocycles. The Balaban J connectivity index is 1.79. The van der Waals surface area contributed by atoms with E-state index in [1.54, 1.807) is 0 Å². The molecule has 2 heterocycles. The van der Waals surface area contributed by atoms with Crippen LogP contribution in [0.4, 0.5) is 0 Å². The zero-order valence-corrected chi connectivity index (χ0v) is 14.9. The Bertz CT molecular complexity index is 557. The van der Waals surface area contributed by atoms with Gasteiger partial charge >= 0.3 is 0 Å². The molecule has 128 valence electrons. The lowest BCUT2D eigenvalue weighted by Crippen LogP contribution is -2.28. The van der Waals surface area contributed by atoms with Gasteiger partial charge in [0.1, 0.15) is 5.60 Å². The predicted molar refractivity (Wildman–Crippen MR) is 92.3 cm³/mol. The van der Waals surface area contributed by atoms with E-state index in [4.69, 9.17) is 9.47 Å². The van der Waals surface area contributed by atoms with Gasteiger partial charge in [-0.3, -0.25) is 0 Å². The highest BCUT2D eigenvalue weighted by Crippen LogP contribution is 2.44. The van der Waals surface area contributed by atoms with Gasteiger partial charge in [-0.25, -0.2) is 0 Å². The Kier molecular flexibility index (Phi) is 4.82. The standard InChI is InChI=1S/C20H30O3/c1-13-5-8-16-15(3)12-22-17(16)11-14(2)7-10-19-20(4,23-19)18(21)9-6-13/h6,11,17-19,21H,5,7-10,12H2,1-4H3/b13-6+,14-11+/t17-,18-,19+,20-/m1/s1. The number of hydrogen-bond donors (Lipinski definition) is 1. The molecular weight excluding hydrogens is 288 g/mol. The molecule has 0 aromatic heterocycles. The van der Waals surface area contributed by atoms with E-state index in [9.17, 15) is 5.11 Å². The van der Waals surface area contributed by atoms with Crippen LogP contribution < -0.4 is 0 Å².